The monoisotopic (exact) mass is 181 g/mol. The Bertz CT molecular complexity index is 192. The van der Waals surface area contributed by atoms with Crippen LogP contribution in [0, 0.1) is 5.92 Å². The first-order chi connectivity index (χ1) is 5.50. The minimum Gasteiger partial charge on any atom is -0.373 e. The fraction of sp³-hybridized carbons (Fsp3) is 1.00. The Labute approximate surface area is 67.9 Å². The summed E-state index contributed by atoms with van der Waals surface area (Å²) >= 11 is 0. The van der Waals surface area contributed by atoms with E-state index in [4.69, 9.17) is 10.5 Å². The van der Waals surface area contributed by atoms with Crippen molar-refractivity contribution >= 4 is 0 Å². The van der Waals surface area contributed by atoms with E-state index in [1.807, 2.05) is 0 Å². The molecule has 2 bridgehead atoms. The summed E-state index contributed by atoms with van der Waals surface area (Å²) < 4.78 is 42.0. The average molecular weight is 181 g/mol. The molecule has 70 valence electrons. The standard InChI is InChI=1S/C7H10F3NO/c8-7(9,10)5-3-1-2-4(12-3)6(5)11/h3-6H,1-2,11H2/t3-,4+,5-,6-/m1/s1. The van der Waals surface area contributed by atoms with E-state index in [0.29, 0.717) is 12.8 Å². The lowest BCUT2D eigenvalue weighted by molar-refractivity contribution is -0.188. The van der Waals surface area contributed by atoms with Gasteiger partial charge in [0.05, 0.1) is 18.1 Å². The minimum absolute atomic E-state index is 0.360. The van der Waals surface area contributed by atoms with Gasteiger partial charge in [-0.25, -0.2) is 0 Å². The quantitative estimate of drug-likeness (QED) is 0.606. The van der Waals surface area contributed by atoms with Crippen molar-refractivity contribution in [2.24, 2.45) is 11.7 Å². The highest BCUT2D eigenvalue weighted by Crippen LogP contribution is 2.45. The average Bonchev–Trinajstić information content (AvgIpc) is 2.42. The summed E-state index contributed by atoms with van der Waals surface area (Å²) in [5.41, 5.74) is 5.41. The molecule has 0 aliphatic carbocycles. The zero-order valence-electron chi connectivity index (χ0n) is 6.34. The molecule has 5 heteroatoms. The number of hydrogen-bond donors (Lipinski definition) is 1. The Kier molecular flexibility index (Phi) is 1.63. The summed E-state index contributed by atoms with van der Waals surface area (Å²) in [5.74, 6) is -1.43. The molecule has 2 nitrogen and oxygen atoms in total. The Hall–Kier alpha value is -0.290. The highest BCUT2D eigenvalue weighted by Gasteiger charge is 2.58. The third-order valence-electron chi connectivity index (χ3n) is 2.71. The molecule has 2 aliphatic rings. The third kappa shape index (κ3) is 1.03. The summed E-state index contributed by atoms with van der Waals surface area (Å²) in [5, 5.41) is 0. The zero-order chi connectivity index (χ0) is 8.93. The molecular weight excluding hydrogens is 171 g/mol. The molecule has 12 heavy (non-hydrogen) atoms. The van der Waals surface area contributed by atoms with E-state index in [1.165, 1.54) is 0 Å². The van der Waals surface area contributed by atoms with Crippen molar-refractivity contribution < 1.29 is 17.9 Å². The lowest BCUT2D eigenvalue weighted by atomic mass is 9.85. The number of hydrogen-bond acceptors (Lipinski definition) is 2. The number of halogens is 3. The van der Waals surface area contributed by atoms with Crippen LogP contribution in [0.1, 0.15) is 12.8 Å². The minimum atomic E-state index is -4.20. The third-order valence-corrected chi connectivity index (χ3v) is 2.71. The molecule has 0 amide bonds. The molecule has 2 aliphatic heterocycles. The van der Waals surface area contributed by atoms with Crippen LogP contribution < -0.4 is 5.73 Å². The topological polar surface area (TPSA) is 35.2 Å². The summed E-state index contributed by atoms with van der Waals surface area (Å²) in [6.45, 7) is 0. The van der Waals surface area contributed by atoms with Gasteiger partial charge in [-0.05, 0) is 12.8 Å². The van der Waals surface area contributed by atoms with Crippen molar-refractivity contribution in [1.82, 2.24) is 0 Å². The summed E-state index contributed by atoms with van der Waals surface area (Å²) in [4.78, 5) is 0. The maximum absolute atomic E-state index is 12.3. The molecular formula is C7H10F3NO. The molecule has 2 N–H and O–H groups in total. The molecule has 0 aromatic rings. The molecule has 2 rings (SSSR count). The van der Waals surface area contributed by atoms with Gasteiger partial charge in [0.2, 0.25) is 0 Å². The highest BCUT2D eigenvalue weighted by molar-refractivity contribution is 5.01. The predicted octanol–water partition coefficient (Wildman–Crippen LogP) is 1.05. The predicted molar refractivity (Wildman–Crippen MR) is 35.4 cm³/mol. The molecule has 0 unspecified atom stereocenters. The van der Waals surface area contributed by atoms with Gasteiger partial charge in [-0.15, -0.1) is 0 Å². The summed E-state index contributed by atoms with van der Waals surface area (Å²) in [7, 11) is 0. The van der Waals surface area contributed by atoms with E-state index < -0.39 is 24.2 Å². The Balaban J connectivity index is 2.17. The van der Waals surface area contributed by atoms with Crippen LogP contribution in [0.3, 0.4) is 0 Å². The molecule has 2 heterocycles. The van der Waals surface area contributed by atoms with E-state index in [-0.39, 0.29) is 6.10 Å². The van der Waals surface area contributed by atoms with Crippen molar-refractivity contribution in [1.29, 1.82) is 0 Å². The van der Waals surface area contributed by atoms with E-state index in [0.717, 1.165) is 0 Å². The number of alkyl halides is 3. The van der Waals surface area contributed by atoms with Crippen LogP contribution in [0.25, 0.3) is 0 Å². The number of fused-ring (bicyclic) bond motifs is 2. The fourth-order valence-corrected chi connectivity index (χ4v) is 2.14. The van der Waals surface area contributed by atoms with Crippen molar-refractivity contribution in [3.63, 3.8) is 0 Å². The van der Waals surface area contributed by atoms with Gasteiger partial charge >= 0.3 is 6.18 Å². The van der Waals surface area contributed by atoms with E-state index >= 15 is 0 Å². The zero-order valence-corrected chi connectivity index (χ0v) is 6.34. The largest absolute Gasteiger partial charge is 0.395 e. The lowest BCUT2D eigenvalue weighted by Crippen LogP contribution is -2.47. The van der Waals surface area contributed by atoms with Crippen molar-refractivity contribution in [3.05, 3.63) is 0 Å². The lowest BCUT2D eigenvalue weighted by Gasteiger charge is -2.26. The Morgan fingerprint density at radius 3 is 2.08 bits per heavy atom. The van der Waals surface area contributed by atoms with Gasteiger partial charge in [0, 0.05) is 6.04 Å². The maximum atomic E-state index is 12.3. The van der Waals surface area contributed by atoms with E-state index in [1.54, 1.807) is 0 Å². The normalized spacial score (nSPS) is 47.0. The molecule has 2 fully saturated rings. The number of nitrogens with two attached hydrogens (primary N) is 1. The molecule has 0 radical (unpaired) electrons. The molecule has 0 saturated carbocycles. The summed E-state index contributed by atoms with van der Waals surface area (Å²) in [6.07, 6.45) is -4.05. The number of ether oxygens (including phenoxy) is 1. The second kappa shape index (κ2) is 2.35. The van der Waals surface area contributed by atoms with Crippen LogP contribution >= 0.6 is 0 Å². The highest BCUT2D eigenvalue weighted by atomic mass is 19.4. The van der Waals surface area contributed by atoms with Crippen LogP contribution in [0.15, 0.2) is 0 Å². The van der Waals surface area contributed by atoms with Crippen LogP contribution in [0.4, 0.5) is 13.2 Å². The van der Waals surface area contributed by atoms with Gasteiger partial charge in [0.25, 0.3) is 0 Å². The smallest absolute Gasteiger partial charge is 0.373 e. The van der Waals surface area contributed by atoms with Gasteiger partial charge in [0.15, 0.2) is 0 Å². The SMILES string of the molecule is N[C@H]1[C@H](C(F)(F)F)[C@H]2CC[C@@H]1O2. The molecule has 0 spiro atoms. The second-order valence-electron chi connectivity index (χ2n) is 3.44. The molecule has 0 aromatic heterocycles. The van der Waals surface area contributed by atoms with Gasteiger partial charge in [0.1, 0.15) is 0 Å². The second-order valence-corrected chi connectivity index (χ2v) is 3.44. The fourth-order valence-electron chi connectivity index (χ4n) is 2.14. The number of rotatable bonds is 0. The first kappa shape index (κ1) is 8.31. The van der Waals surface area contributed by atoms with Crippen LogP contribution in [0.5, 0.6) is 0 Å². The van der Waals surface area contributed by atoms with Gasteiger partial charge in [-0.1, -0.05) is 0 Å². The van der Waals surface area contributed by atoms with Crippen molar-refractivity contribution in [2.75, 3.05) is 0 Å². The first-order valence-corrected chi connectivity index (χ1v) is 3.98. The van der Waals surface area contributed by atoms with E-state index in [9.17, 15) is 13.2 Å². The van der Waals surface area contributed by atoms with Crippen molar-refractivity contribution in [2.45, 2.75) is 37.3 Å². The summed E-state index contributed by atoms with van der Waals surface area (Å²) in [6, 6.07) is -0.844. The molecule has 2 saturated heterocycles. The Morgan fingerprint density at radius 2 is 1.75 bits per heavy atom. The van der Waals surface area contributed by atoms with Crippen LogP contribution in [-0.2, 0) is 4.74 Å². The van der Waals surface area contributed by atoms with E-state index in [2.05, 4.69) is 0 Å². The van der Waals surface area contributed by atoms with Gasteiger partial charge in [-0.3, -0.25) is 0 Å². The van der Waals surface area contributed by atoms with Crippen LogP contribution in [0.2, 0.25) is 0 Å². The molecule has 0 aromatic carbocycles. The van der Waals surface area contributed by atoms with Crippen molar-refractivity contribution in [3.8, 4) is 0 Å². The first-order valence-electron chi connectivity index (χ1n) is 3.98. The maximum Gasteiger partial charge on any atom is 0.395 e. The van der Waals surface area contributed by atoms with Gasteiger partial charge < -0.3 is 10.5 Å². The van der Waals surface area contributed by atoms with Crippen LogP contribution in [-0.4, -0.2) is 24.4 Å². The molecule has 4 atom stereocenters. The van der Waals surface area contributed by atoms with Gasteiger partial charge in [-0.2, -0.15) is 13.2 Å². The Morgan fingerprint density at radius 1 is 1.17 bits per heavy atom.